The number of ether oxygens (including phenoxy) is 3. The number of halogens is 1. The quantitative estimate of drug-likeness (QED) is 0.876. The molecule has 21 heavy (non-hydrogen) atoms. The van der Waals surface area contributed by atoms with Crippen LogP contribution in [-0.4, -0.2) is 34.0 Å². The molecule has 3 unspecified atom stereocenters. The summed E-state index contributed by atoms with van der Waals surface area (Å²) in [7, 11) is 4.91. The van der Waals surface area contributed by atoms with E-state index in [-0.39, 0.29) is 23.9 Å². The largest absolute Gasteiger partial charge is 0.493 e. The minimum Gasteiger partial charge on any atom is -0.493 e. The van der Waals surface area contributed by atoms with Crippen molar-refractivity contribution in [3.05, 3.63) is 23.5 Å². The average molecular weight is 297 g/mol. The van der Waals surface area contributed by atoms with Gasteiger partial charge in [-0.1, -0.05) is 6.92 Å². The molecule has 3 atom stereocenters. The smallest absolute Gasteiger partial charge is 0.163 e. The summed E-state index contributed by atoms with van der Waals surface area (Å²) in [6.45, 7) is 2.83. The van der Waals surface area contributed by atoms with Gasteiger partial charge < -0.3 is 19.5 Å². The zero-order chi connectivity index (χ0) is 15.4. The Morgan fingerprint density at radius 2 is 2.00 bits per heavy atom. The van der Waals surface area contributed by atoms with Crippen molar-refractivity contribution in [3.8, 4) is 11.5 Å². The van der Waals surface area contributed by atoms with E-state index in [1.807, 2.05) is 7.05 Å². The molecule has 0 amide bonds. The first kappa shape index (κ1) is 16.0. The van der Waals surface area contributed by atoms with E-state index in [1.165, 1.54) is 13.2 Å². The van der Waals surface area contributed by atoms with Crippen LogP contribution in [0.25, 0.3) is 0 Å². The van der Waals surface area contributed by atoms with Crippen molar-refractivity contribution in [3.63, 3.8) is 0 Å². The molecule has 0 radical (unpaired) electrons. The lowest BCUT2D eigenvalue weighted by atomic mass is 9.86. The van der Waals surface area contributed by atoms with Crippen LogP contribution in [0.2, 0.25) is 0 Å². The van der Waals surface area contributed by atoms with Crippen molar-refractivity contribution in [2.75, 3.05) is 27.9 Å². The van der Waals surface area contributed by atoms with Gasteiger partial charge >= 0.3 is 0 Å². The third-order valence-corrected chi connectivity index (χ3v) is 4.24. The molecule has 1 aromatic rings. The van der Waals surface area contributed by atoms with Crippen LogP contribution >= 0.6 is 0 Å². The van der Waals surface area contributed by atoms with Gasteiger partial charge in [-0.15, -0.1) is 0 Å². The highest BCUT2D eigenvalue weighted by Gasteiger charge is 2.35. The summed E-state index contributed by atoms with van der Waals surface area (Å²) in [6.07, 6.45) is 2.02. The molecule has 1 aliphatic heterocycles. The molecule has 2 rings (SSSR count). The standard InChI is InChI=1S/C16H24FNO3/c1-5-13-10(6-7-21-13)16(18-2)11-8-14(19-3)15(20-4)9-12(11)17/h8-10,13,16,18H,5-7H2,1-4H3. The minimum atomic E-state index is -0.284. The molecule has 0 aromatic heterocycles. The summed E-state index contributed by atoms with van der Waals surface area (Å²) < 4.78 is 30.6. The van der Waals surface area contributed by atoms with E-state index in [9.17, 15) is 4.39 Å². The summed E-state index contributed by atoms with van der Waals surface area (Å²) >= 11 is 0. The second-order valence-corrected chi connectivity index (χ2v) is 5.27. The van der Waals surface area contributed by atoms with Crippen LogP contribution in [0, 0.1) is 11.7 Å². The Morgan fingerprint density at radius 3 is 2.57 bits per heavy atom. The van der Waals surface area contributed by atoms with Crippen molar-refractivity contribution >= 4 is 0 Å². The molecular formula is C16H24FNO3. The van der Waals surface area contributed by atoms with Gasteiger partial charge in [0.25, 0.3) is 0 Å². The average Bonchev–Trinajstić information content (AvgIpc) is 2.97. The predicted molar refractivity (Wildman–Crippen MR) is 79.4 cm³/mol. The van der Waals surface area contributed by atoms with Crippen LogP contribution in [0.4, 0.5) is 4.39 Å². The highest BCUT2D eigenvalue weighted by molar-refractivity contribution is 5.45. The maximum Gasteiger partial charge on any atom is 0.163 e. The van der Waals surface area contributed by atoms with Crippen molar-refractivity contribution in [2.45, 2.75) is 31.9 Å². The SMILES string of the molecule is CCC1OCCC1C(NC)c1cc(OC)c(OC)cc1F. The molecule has 0 bridgehead atoms. The summed E-state index contributed by atoms with van der Waals surface area (Å²) in [6, 6.07) is 3.01. The summed E-state index contributed by atoms with van der Waals surface area (Å²) in [5.74, 6) is 0.922. The Balaban J connectivity index is 2.37. The van der Waals surface area contributed by atoms with Gasteiger partial charge in [0.2, 0.25) is 0 Å². The van der Waals surface area contributed by atoms with E-state index in [2.05, 4.69) is 12.2 Å². The number of hydrogen-bond acceptors (Lipinski definition) is 4. The maximum absolute atomic E-state index is 14.5. The first-order valence-electron chi connectivity index (χ1n) is 7.36. The molecule has 1 aliphatic rings. The molecule has 118 valence electrons. The maximum atomic E-state index is 14.5. The first-order chi connectivity index (χ1) is 10.2. The normalized spacial score (nSPS) is 23.1. The zero-order valence-corrected chi connectivity index (χ0v) is 13.1. The molecule has 0 saturated carbocycles. The molecule has 0 spiro atoms. The van der Waals surface area contributed by atoms with E-state index >= 15 is 0 Å². The lowest BCUT2D eigenvalue weighted by Crippen LogP contribution is -2.31. The van der Waals surface area contributed by atoms with Gasteiger partial charge in [-0.25, -0.2) is 4.39 Å². The van der Waals surface area contributed by atoms with Crippen LogP contribution in [0.1, 0.15) is 31.4 Å². The Hall–Kier alpha value is -1.33. The lowest BCUT2D eigenvalue weighted by molar-refractivity contribution is 0.0778. The molecule has 1 N–H and O–H groups in total. The third-order valence-electron chi connectivity index (χ3n) is 4.24. The van der Waals surface area contributed by atoms with Crippen LogP contribution in [-0.2, 0) is 4.74 Å². The summed E-state index contributed by atoms with van der Waals surface area (Å²) in [5, 5.41) is 3.24. The third kappa shape index (κ3) is 3.14. The number of methoxy groups -OCH3 is 2. The molecular weight excluding hydrogens is 273 g/mol. The zero-order valence-electron chi connectivity index (χ0n) is 13.1. The van der Waals surface area contributed by atoms with Crippen LogP contribution in [0.3, 0.4) is 0 Å². The topological polar surface area (TPSA) is 39.7 Å². The Labute approximate surface area is 125 Å². The lowest BCUT2D eigenvalue weighted by Gasteiger charge is -2.28. The van der Waals surface area contributed by atoms with Crippen LogP contribution in [0.15, 0.2) is 12.1 Å². The van der Waals surface area contributed by atoms with E-state index in [4.69, 9.17) is 14.2 Å². The summed E-state index contributed by atoms with van der Waals surface area (Å²) in [4.78, 5) is 0. The minimum absolute atomic E-state index is 0.0998. The Morgan fingerprint density at radius 1 is 1.33 bits per heavy atom. The van der Waals surface area contributed by atoms with Crippen molar-refractivity contribution in [1.82, 2.24) is 5.32 Å². The summed E-state index contributed by atoms with van der Waals surface area (Å²) in [5.41, 5.74) is 0.601. The fraction of sp³-hybridized carbons (Fsp3) is 0.625. The van der Waals surface area contributed by atoms with Gasteiger partial charge in [-0.2, -0.15) is 0 Å². The monoisotopic (exact) mass is 297 g/mol. The first-order valence-corrected chi connectivity index (χ1v) is 7.36. The Bertz CT molecular complexity index is 481. The highest BCUT2D eigenvalue weighted by atomic mass is 19.1. The van der Waals surface area contributed by atoms with Crippen molar-refractivity contribution < 1.29 is 18.6 Å². The fourth-order valence-corrected chi connectivity index (χ4v) is 3.18. The predicted octanol–water partition coefficient (Wildman–Crippen LogP) is 2.92. The van der Waals surface area contributed by atoms with Crippen molar-refractivity contribution in [2.24, 2.45) is 5.92 Å². The molecule has 5 heteroatoms. The highest BCUT2D eigenvalue weighted by Crippen LogP contribution is 2.39. The van der Waals surface area contributed by atoms with Crippen LogP contribution < -0.4 is 14.8 Å². The molecule has 1 heterocycles. The van der Waals surface area contributed by atoms with E-state index < -0.39 is 0 Å². The van der Waals surface area contributed by atoms with Gasteiger partial charge in [-0.05, 0) is 26.0 Å². The second kappa shape index (κ2) is 7.09. The van der Waals surface area contributed by atoms with Gasteiger partial charge in [0, 0.05) is 30.2 Å². The number of nitrogens with one attached hydrogen (secondary N) is 1. The molecule has 0 aliphatic carbocycles. The molecule has 1 saturated heterocycles. The molecule has 1 aromatic carbocycles. The van der Waals surface area contributed by atoms with E-state index in [0.29, 0.717) is 17.1 Å². The van der Waals surface area contributed by atoms with Gasteiger partial charge in [0.15, 0.2) is 11.5 Å². The van der Waals surface area contributed by atoms with Gasteiger partial charge in [-0.3, -0.25) is 0 Å². The molecule has 1 fully saturated rings. The van der Waals surface area contributed by atoms with Crippen molar-refractivity contribution in [1.29, 1.82) is 0 Å². The fourth-order valence-electron chi connectivity index (χ4n) is 3.18. The van der Waals surface area contributed by atoms with E-state index in [1.54, 1.807) is 13.2 Å². The van der Waals surface area contributed by atoms with E-state index in [0.717, 1.165) is 19.4 Å². The molecule has 4 nitrogen and oxygen atoms in total. The van der Waals surface area contributed by atoms with Gasteiger partial charge in [0.05, 0.1) is 20.3 Å². The number of rotatable bonds is 6. The number of hydrogen-bond donors (Lipinski definition) is 1. The Kier molecular flexibility index (Phi) is 5.42. The second-order valence-electron chi connectivity index (χ2n) is 5.27. The number of benzene rings is 1. The van der Waals surface area contributed by atoms with Crippen LogP contribution in [0.5, 0.6) is 11.5 Å². The van der Waals surface area contributed by atoms with Gasteiger partial charge in [0.1, 0.15) is 5.82 Å².